The Bertz CT molecular complexity index is 192. The molecule has 0 saturated carbocycles. The first-order valence-corrected chi connectivity index (χ1v) is 2.27. The number of aromatic nitrogens is 2. The Morgan fingerprint density at radius 3 is 2.88 bits per heavy atom. The Hall–Kier alpha value is -1.12. The van der Waals surface area contributed by atoms with E-state index in [1.807, 2.05) is 0 Å². The van der Waals surface area contributed by atoms with Gasteiger partial charge in [0, 0.05) is 13.2 Å². The van der Waals surface area contributed by atoms with Crippen LogP contribution in [-0.4, -0.2) is 16.1 Å². The summed E-state index contributed by atoms with van der Waals surface area (Å²) >= 11 is 0. The van der Waals surface area contributed by atoms with E-state index in [0.717, 1.165) is 6.29 Å². The van der Waals surface area contributed by atoms with E-state index in [1.165, 1.54) is 6.20 Å². The zero-order valence-electron chi connectivity index (χ0n) is 4.53. The van der Waals surface area contributed by atoms with E-state index < -0.39 is 0 Å². The topological polar surface area (TPSA) is 34.9 Å². The van der Waals surface area contributed by atoms with Gasteiger partial charge in [-0.05, 0) is 0 Å². The molecule has 0 saturated heterocycles. The minimum Gasteiger partial charge on any atom is -0.298 e. The molecule has 1 aromatic heterocycles. The smallest absolute Gasteiger partial charge is 0.153 e. The Kier molecular flexibility index (Phi) is 1.12. The van der Waals surface area contributed by atoms with Gasteiger partial charge < -0.3 is 0 Å². The highest BCUT2D eigenvalue weighted by Gasteiger charge is 1.88. The van der Waals surface area contributed by atoms with Crippen molar-refractivity contribution in [3.05, 3.63) is 18.0 Å². The van der Waals surface area contributed by atoms with Gasteiger partial charge in [0.2, 0.25) is 0 Å². The Morgan fingerprint density at radius 1 is 1.88 bits per heavy atom. The number of hydrogen-bond acceptors (Lipinski definition) is 2. The van der Waals surface area contributed by atoms with Crippen molar-refractivity contribution in [2.24, 2.45) is 7.05 Å². The lowest BCUT2D eigenvalue weighted by Gasteiger charge is -1.78. The van der Waals surface area contributed by atoms with Crippen LogP contribution in [0, 0.1) is 0 Å². The predicted molar refractivity (Wildman–Crippen MR) is 28.6 cm³/mol. The lowest BCUT2D eigenvalue weighted by molar-refractivity contribution is 0.112. The summed E-state index contributed by atoms with van der Waals surface area (Å²) in [5.41, 5.74) is 0.618. The second-order valence-electron chi connectivity index (χ2n) is 1.57. The molecular formula is C5H6N2O. The van der Waals surface area contributed by atoms with Crippen LogP contribution in [0.1, 0.15) is 10.4 Å². The molecule has 0 aliphatic heterocycles. The highest BCUT2D eigenvalue weighted by Crippen LogP contribution is 1.88. The summed E-state index contributed by atoms with van der Waals surface area (Å²) in [5.74, 6) is 0. The molecule has 8 heavy (non-hydrogen) atoms. The molecule has 42 valence electrons. The van der Waals surface area contributed by atoms with E-state index in [4.69, 9.17) is 0 Å². The number of rotatable bonds is 1. The normalized spacial score (nSPS) is 9.12. The molecule has 0 aromatic carbocycles. The molecule has 0 aliphatic carbocycles. The molecule has 1 rings (SSSR count). The van der Waals surface area contributed by atoms with Crippen molar-refractivity contribution in [3.63, 3.8) is 0 Å². The van der Waals surface area contributed by atoms with Crippen LogP contribution in [0.4, 0.5) is 0 Å². The third-order valence-corrected chi connectivity index (χ3v) is 0.861. The summed E-state index contributed by atoms with van der Waals surface area (Å²) in [5, 5.41) is 3.77. The zero-order chi connectivity index (χ0) is 5.98. The molecule has 3 nitrogen and oxygen atoms in total. The van der Waals surface area contributed by atoms with Crippen LogP contribution >= 0.6 is 0 Å². The fourth-order valence-electron chi connectivity index (χ4n) is 0.501. The van der Waals surface area contributed by atoms with E-state index >= 15 is 0 Å². The summed E-state index contributed by atoms with van der Waals surface area (Å²) in [7, 11) is 1.77. The van der Waals surface area contributed by atoms with Gasteiger partial charge in [-0.1, -0.05) is 0 Å². The molecule has 0 amide bonds. The first-order chi connectivity index (χ1) is 3.83. The number of nitrogens with zero attached hydrogens (tertiary/aromatic N) is 2. The second-order valence-corrected chi connectivity index (χ2v) is 1.57. The van der Waals surface area contributed by atoms with Crippen molar-refractivity contribution >= 4 is 6.29 Å². The van der Waals surface area contributed by atoms with Crippen LogP contribution in [0.2, 0.25) is 0 Å². The molecule has 0 spiro atoms. The van der Waals surface area contributed by atoms with Crippen LogP contribution in [-0.2, 0) is 7.05 Å². The summed E-state index contributed by atoms with van der Waals surface area (Å²) in [6, 6.07) is 0. The predicted octanol–water partition coefficient (Wildman–Crippen LogP) is 0.233. The molecule has 0 bridgehead atoms. The van der Waals surface area contributed by atoms with E-state index in [0.29, 0.717) is 5.56 Å². The monoisotopic (exact) mass is 114 g/mol. The van der Waals surface area contributed by atoms with Gasteiger partial charge in [0.25, 0.3) is 0 Å². The van der Waals surface area contributed by atoms with E-state index in [1.54, 1.807) is 17.9 Å². The molecule has 0 atom stereocenters. The summed E-state index contributed by atoms with van der Waals surface area (Å²) < 4.78 is 1.59. The van der Waals surface area contributed by atoms with Crippen LogP contribution in [0.15, 0.2) is 12.4 Å². The number of aryl methyl sites for hydroxylation is 1. The van der Waals surface area contributed by atoms with Crippen molar-refractivity contribution in [2.45, 2.75) is 0 Å². The van der Waals surface area contributed by atoms with Crippen molar-refractivity contribution in [1.82, 2.24) is 9.78 Å². The maximum absolute atomic E-state index is 9.97. The van der Waals surface area contributed by atoms with Gasteiger partial charge in [0.1, 0.15) is 0 Å². The molecule has 1 heterocycles. The lowest BCUT2D eigenvalue weighted by atomic mass is 10.6. The minimum absolute atomic E-state index is 0.618. The molecule has 1 aromatic rings. The van der Waals surface area contributed by atoms with Crippen molar-refractivity contribution in [2.75, 3.05) is 0 Å². The maximum Gasteiger partial charge on any atom is 0.153 e. The molecule has 0 N–H and O–H groups in total. The molecule has 0 unspecified atom stereocenters. The summed E-state index contributed by atoms with van der Waals surface area (Å²) in [6.45, 7) is 0. The highest BCUT2D eigenvalue weighted by molar-refractivity contribution is 5.73. The standard InChI is InChI=1S/C5H6N2O/c1-7-3-5(4-8)2-6-7/h2-4H,1H3/i1+1,4+1,6+1,7+1. The van der Waals surface area contributed by atoms with Gasteiger partial charge in [-0.15, -0.1) is 0 Å². The number of carbonyl (C=O) groups excluding carboxylic acids is 1. The summed E-state index contributed by atoms with van der Waals surface area (Å²) in [6.07, 6.45) is 3.95. The maximum atomic E-state index is 9.97. The highest BCUT2D eigenvalue weighted by atomic mass is 16.2. The lowest BCUT2D eigenvalue weighted by Crippen LogP contribution is -1.84. The fourth-order valence-corrected chi connectivity index (χ4v) is 0.501. The average molecular weight is 114 g/mol. The average Bonchev–Trinajstić information content (AvgIpc) is 2.14. The molecule has 0 aliphatic rings. The van der Waals surface area contributed by atoms with Gasteiger partial charge in [0.05, 0.1) is 11.8 Å². The van der Waals surface area contributed by atoms with Crippen molar-refractivity contribution in [3.8, 4) is 0 Å². The first-order valence-electron chi connectivity index (χ1n) is 2.27. The number of aldehydes is 1. The zero-order valence-corrected chi connectivity index (χ0v) is 4.53. The van der Waals surface area contributed by atoms with Gasteiger partial charge in [-0.3, -0.25) is 9.48 Å². The second kappa shape index (κ2) is 1.78. The van der Waals surface area contributed by atoms with E-state index in [9.17, 15) is 4.79 Å². The molecule has 0 radical (unpaired) electrons. The molecular weight excluding hydrogens is 108 g/mol. The van der Waals surface area contributed by atoms with Crippen molar-refractivity contribution in [1.29, 1.82) is 0 Å². The van der Waals surface area contributed by atoms with Crippen molar-refractivity contribution < 1.29 is 4.79 Å². The van der Waals surface area contributed by atoms with Gasteiger partial charge >= 0.3 is 0 Å². The quantitative estimate of drug-likeness (QED) is 0.387. The Labute approximate surface area is 46.9 Å². The van der Waals surface area contributed by atoms with Gasteiger partial charge in [0.15, 0.2) is 6.29 Å². The van der Waals surface area contributed by atoms with Crippen LogP contribution in [0.3, 0.4) is 0 Å². The molecule has 3 heteroatoms. The van der Waals surface area contributed by atoms with Crippen LogP contribution in [0.5, 0.6) is 0 Å². The van der Waals surface area contributed by atoms with E-state index in [-0.39, 0.29) is 0 Å². The minimum atomic E-state index is 0.618. The van der Waals surface area contributed by atoms with Crippen LogP contribution < -0.4 is 0 Å². The Balaban J connectivity index is 3.00. The fraction of sp³-hybridized carbons (Fsp3) is 0.200. The Morgan fingerprint density at radius 2 is 2.62 bits per heavy atom. The van der Waals surface area contributed by atoms with Crippen LogP contribution in [0.25, 0.3) is 0 Å². The number of carbonyl (C=O) groups is 1. The molecule has 0 fully saturated rings. The first kappa shape index (κ1) is 5.03. The SMILES string of the molecule is [13CH3][15n]1cc([13CH]=O)c[15n]1. The van der Waals surface area contributed by atoms with Gasteiger partial charge in [-0.25, -0.2) is 0 Å². The van der Waals surface area contributed by atoms with E-state index in [2.05, 4.69) is 5.10 Å². The number of hydrogen-bond donors (Lipinski definition) is 0. The van der Waals surface area contributed by atoms with Gasteiger partial charge in [-0.2, -0.15) is 5.10 Å². The largest absolute Gasteiger partial charge is 0.298 e. The summed E-state index contributed by atoms with van der Waals surface area (Å²) in [4.78, 5) is 9.97. The third-order valence-electron chi connectivity index (χ3n) is 0.861. The third kappa shape index (κ3) is 0.753.